The van der Waals surface area contributed by atoms with Gasteiger partial charge in [0.05, 0.1) is 12.7 Å². The van der Waals surface area contributed by atoms with Crippen molar-refractivity contribution in [1.82, 2.24) is 4.90 Å². The Morgan fingerprint density at radius 3 is 2.94 bits per heavy atom. The third kappa shape index (κ3) is 3.31. The summed E-state index contributed by atoms with van der Waals surface area (Å²) in [6.07, 6.45) is 1.03. The van der Waals surface area contributed by atoms with E-state index in [-0.39, 0.29) is 12.7 Å². The average Bonchev–Trinajstić information content (AvgIpc) is 2.36. The minimum absolute atomic E-state index is 0.179. The first-order valence-corrected chi connectivity index (χ1v) is 6.72. The molecular formula is C15H23NO2. The fourth-order valence-corrected chi connectivity index (χ4v) is 2.57. The van der Waals surface area contributed by atoms with Crippen molar-refractivity contribution in [2.45, 2.75) is 26.4 Å². The first-order chi connectivity index (χ1) is 8.70. The van der Waals surface area contributed by atoms with Crippen molar-refractivity contribution in [2.24, 2.45) is 0 Å². The van der Waals surface area contributed by atoms with Gasteiger partial charge in [-0.05, 0) is 31.4 Å². The number of hydrogen-bond donors (Lipinski definition) is 1. The molecule has 1 aliphatic rings. The Morgan fingerprint density at radius 1 is 1.39 bits per heavy atom. The molecule has 3 nitrogen and oxygen atoms in total. The minimum Gasteiger partial charge on any atom is -0.396 e. The van der Waals surface area contributed by atoms with Gasteiger partial charge in [0.1, 0.15) is 0 Å². The van der Waals surface area contributed by atoms with E-state index in [4.69, 9.17) is 9.84 Å². The van der Waals surface area contributed by atoms with Crippen LogP contribution in [0, 0.1) is 13.8 Å². The van der Waals surface area contributed by atoms with Crippen molar-refractivity contribution in [3.63, 3.8) is 0 Å². The lowest BCUT2D eigenvalue weighted by atomic mass is 10.00. The summed E-state index contributed by atoms with van der Waals surface area (Å²) < 4.78 is 5.89. The second-order valence-electron chi connectivity index (χ2n) is 5.10. The molecule has 0 spiro atoms. The third-order valence-corrected chi connectivity index (χ3v) is 3.56. The van der Waals surface area contributed by atoms with Crippen LogP contribution in [0.4, 0.5) is 0 Å². The number of nitrogens with zero attached hydrogens (tertiary/aromatic N) is 1. The molecule has 1 heterocycles. The molecule has 0 saturated carbocycles. The van der Waals surface area contributed by atoms with E-state index in [1.807, 2.05) is 0 Å². The molecule has 100 valence electrons. The van der Waals surface area contributed by atoms with E-state index >= 15 is 0 Å². The number of ether oxygens (including phenoxy) is 1. The summed E-state index contributed by atoms with van der Waals surface area (Å²) in [6.45, 7) is 8.19. The number of rotatable bonds is 4. The molecule has 3 heteroatoms. The van der Waals surface area contributed by atoms with Gasteiger partial charge in [0, 0.05) is 26.2 Å². The number of aliphatic hydroxyl groups excluding tert-OH is 1. The third-order valence-electron chi connectivity index (χ3n) is 3.56. The van der Waals surface area contributed by atoms with Crippen LogP contribution in [-0.4, -0.2) is 42.9 Å². The van der Waals surface area contributed by atoms with Gasteiger partial charge in [0.2, 0.25) is 0 Å². The fourth-order valence-electron chi connectivity index (χ4n) is 2.57. The van der Waals surface area contributed by atoms with E-state index in [9.17, 15) is 0 Å². The summed E-state index contributed by atoms with van der Waals surface area (Å²) in [7, 11) is 0. The highest BCUT2D eigenvalue weighted by Crippen LogP contribution is 2.25. The van der Waals surface area contributed by atoms with E-state index in [1.165, 1.54) is 16.7 Å². The molecule has 2 rings (SSSR count). The van der Waals surface area contributed by atoms with E-state index in [0.29, 0.717) is 0 Å². The summed E-state index contributed by atoms with van der Waals surface area (Å²) >= 11 is 0. The van der Waals surface area contributed by atoms with Crippen molar-refractivity contribution in [3.05, 3.63) is 34.9 Å². The highest BCUT2D eigenvalue weighted by molar-refractivity contribution is 5.32. The molecule has 1 fully saturated rings. The molecule has 0 radical (unpaired) electrons. The van der Waals surface area contributed by atoms with Crippen LogP contribution < -0.4 is 0 Å². The van der Waals surface area contributed by atoms with Crippen molar-refractivity contribution in [1.29, 1.82) is 0 Å². The number of benzene rings is 1. The lowest BCUT2D eigenvalue weighted by molar-refractivity contribution is -0.0315. The number of aryl methyl sites for hydroxylation is 2. The summed E-state index contributed by atoms with van der Waals surface area (Å²) in [4.78, 5) is 2.38. The second kappa shape index (κ2) is 6.32. The van der Waals surface area contributed by atoms with Crippen molar-refractivity contribution in [3.8, 4) is 0 Å². The van der Waals surface area contributed by atoms with E-state index < -0.39 is 0 Å². The Labute approximate surface area is 109 Å². The predicted molar refractivity (Wildman–Crippen MR) is 72.8 cm³/mol. The van der Waals surface area contributed by atoms with Crippen molar-refractivity contribution in [2.75, 3.05) is 32.8 Å². The van der Waals surface area contributed by atoms with E-state index in [0.717, 1.165) is 32.7 Å². The van der Waals surface area contributed by atoms with Crippen LogP contribution in [0.15, 0.2) is 18.2 Å². The zero-order valence-electron chi connectivity index (χ0n) is 11.4. The maximum atomic E-state index is 8.90. The van der Waals surface area contributed by atoms with Crippen LogP contribution in [0.1, 0.15) is 29.2 Å². The fraction of sp³-hybridized carbons (Fsp3) is 0.600. The van der Waals surface area contributed by atoms with Gasteiger partial charge in [-0.1, -0.05) is 23.8 Å². The molecule has 0 aliphatic carbocycles. The highest BCUT2D eigenvalue weighted by Gasteiger charge is 2.22. The van der Waals surface area contributed by atoms with Gasteiger partial charge < -0.3 is 9.84 Å². The molecule has 0 aromatic heterocycles. The Hall–Kier alpha value is -0.900. The summed E-state index contributed by atoms with van der Waals surface area (Å²) in [6, 6.07) is 6.55. The quantitative estimate of drug-likeness (QED) is 0.886. The summed E-state index contributed by atoms with van der Waals surface area (Å²) in [5, 5.41) is 8.90. The monoisotopic (exact) mass is 249 g/mol. The van der Waals surface area contributed by atoms with Crippen LogP contribution in [-0.2, 0) is 4.74 Å². The number of hydrogen-bond acceptors (Lipinski definition) is 3. The largest absolute Gasteiger partial charge is 0.396 e. The topological polar surface area (TPSA) is 32.7 Å². The molecule has 1 N–H and O–H groups in total. The standard InChI is InChI=1S/C15H23NO2/c1-12-4-5-14(13(2)10-12)15-11-16(6-3-8-17)7-9-18-15/h4-5,10,15,17H,3,6-9,11H2,1-2H3. The zero-order valence-corrected chi connectivity index (χ0v) is 11.4. The van der Waals surface area contributed by atoms with E-state index in [1.54, 1.807) is 0 Å². The van der Waals surface area contributed by atoms with Gasteiger partial charge in [-0.3, -0.25) is 4.90 Å². The highest BCUT2D eigenvalue weighted by atomic mass is 16.5. The Morgan fingerprint density at radius 2 is 2.22 bits per heavy atom. The Kier molecular flexibility index (Phi) is 4.75. The predicted octanol–water partition coefficient (Wildman–Crippen LogP) is 2.06. The molecule has 1 aromatic rings. The Bertz CT molecular complexity index is 392. The first-order valence-electron chi connectivity index (χ1n) is 6.72. The van der Waals surface area contributed by atoms with Crippen LogP contribution >= 0.6 is 0 Å². The maximum Gasteiger partial charge on any atom is 0.0954 e. The molecule has 1 unspecified atom stereocenters. The van der Waals surface area contributed by atoms with E-state index in [2.05, 4.69) is 36.9 Å². The zero-order chi connectivity index (χ0) is 13.0. The van der Waals surface area contributed by atoms with Crippen LogP contribution in [0.2, 0.25) is 0 Å². The lowest BCUT2D eigenvalue weighted by Gasteiger charge is -2.33. The number of morpholine rings is 1. The average molecular weight is 249 g/mol. The molecular weight excluding hydrogens is 226 g/mol. The normalized spacial score (nSPS) is 21.2. The van der Waals surface area contributed by atoms with Gasteiger partial charge >= 0.3 is 0 Å². The Balaban J connectivity index is 2.03. The van der Waals surface area contributed by atoms with Crippen molar-refractivity contribution >= 4 is 0 Å². The lowest BCUT2D eigenvalue weighted by Crippen LogP contribution is -2.39. The van der Waals surface area contributed by atoms with Crippen molar-refractivity contribution < 1.29 is 9.84 Å². The molecule has 0 amide bonds. The molecule has 1 aromatic carbocycles. The van der Waals surface area contributed by atoms with Gasteiger partial charge in [-0.25, -0.2) is 0 Å². The summed E-state index contributed by atoms with van der Waals surface area (Å²) in [5.74, 6) is 0. The first kappa shape index (κ1) is 13.5. The van der Waals surface area contributed by atoms with Crippen LogP contribution in [0.25, 0.3) is 0 Å². The number of aliphatic hydroxyl groups is 1. The molecule has 1 aliphatic heterocycles. The molecule has 1 saturated heterocycles. The summed E-state index contributed by atoms with van der Waals surface area (Å²) in [5.41, 5.74) is 3.91. The van der Waals surface area contributed by atoms with Gasteiger partial charge in [0.25, 0.3) is 0 Å². The SMILES string of the molecule is Cc1ccc(C2CN(CCCO)CCO2)c(C)c1. The minimum atomic E-state index is 0.179. The molecule has 18 heavy (non-hydrogen) atoms. The smallest absolute Gasteiger partial charge is 0.0954 e. The van der Waals surface area contributed by atoms with Gasteiger partial charge in [-0.15, -0.1) is 0 Å². The molecule has 1 atom stereocenters. The maximum absolute atomic E-state index is 8.90. The van der Waals surface area contributed by atoms with Crippen LogP contribution in [0.5, 0.6) is 0 Å². The second-order valence-corrected chi connectivity index (χ2v) is 5.10. The van der Waals surface area contributed by atoms with Gasteiger partial charge in [0.15, 0.2) is 0 Å². The van der Waals surface area contributed by atoms with Gasteiger partial charge in [-0.2, -0.15) is 0 Å². The van der Waals surface area contributed by atoms with Crippen LogP contribution in [0.3, 0.4) is 0 Å². The molecule has 0 bridgehead atoms.